The van der Waals surface area contributed by atoms with Gasteiger partial charge in [-0.2, -0.15) is 8.42 Å². The zero-order chi connectivity index (χ0) is 36.3. The molecular formula is C41H83NO6S. The number of amides is 1. The van der Waals surface area contributed by atoms with Gasteiger partial charge < -0.3 is 15.5 Å². The van der Waals surface area contributed by atoms with Crippen molar-refractivity contribution in [2.45, 2.75) is 250 Å². The fourth-order valence-corrected chi connectivity index (χ4v) is 7.63. The lowest BCUT2D eigenvalue weighted by molar-refractivity contribution is -0.131. The Bertz CT molecular complexity index is 808. The minimum absolute atomic E-state index is 0.304. The van der Waals surface area contributed by atoms with Gasteiger partial charge in [0.2, 0.25) is 5.91 Å². The fourth-order valence-electron chi connectivity index (χ4n) is 6.87. The minimum Gasteiger partial charge on any atom is -0.391 e. The van der Waals surface area contributed by atoms with Gasteiger partial charge >= 0.3 is 0 Å². The second-order valence-electron chi connectivity index (χ2n) is 15.1. The lowest BCUT2D eigenvalue weighted by atomic mass is 10.0. The molecule has 0 aliphatic heterocycles. The molecule has 0 saturated carbocycles. The van der Waals surface area contributed by atoms with Gasteiger partial charge in [-0.15, -0.1) is 0 Å². The number of hydrogen-bond donors (Lipinski definition) is 4. The number of nitrogens with one attached hydrogen (secondary N) is 1. The molecule has 0 rings (SSSR count). The van der Waals surface area contributed by atoms with Crippen LogP contribution in [0, 0.1) is 0 Å². The number of aliphatic hydroxyl groups excluding tert-OH is 2. The van der Waals surface area contributed by atoms with Gasteiger partial charge in [0.1, 0.15) is 6.10 Å². The van der Waals surface area contributed by atoms with E-state index < -0.39 is 40.0 Å². The number of rotatable bonds is 39. The number of carbonyl (C=O) groups excluding carboxylic acids is 1. The molecule has 0 aliphatic rings. The van der Waals surface area contributed by atoms with Crippen LogP contribution in [0.2, 0.25) is 0 Å². The van der Waals surface area contributed by atoms with E-state index >= 15 is 0 Å². The van der Waals surface area contributed by atoms with Crippen molar-refractivity contribution in [3.63, 3.8) is 0 Å². The molecule has 0 spiro atoms. The Morgan fingerprint density at radius 3 is 1.02 bits per heavy atom. The number of unbranched alkanes of at least 4 members (excludes halogenated alkanes) is 30. The molecule has 8 heteroatoms. The molecule has 0 heterocycles. The van der Waals surface area contributed by atoms with E-state index in [4.69, 9.17) is 0 Å². The highest BCUT2D eigenvalue weighted by Crippen LogP contribution is 2.17. The molecule has 294 valence electrons. The van der Waals surface area contributed by atoms with Gasteiger partial charge in [-0.25, -0.2) is 0 Å². The van der Waals surface area contributed by atoms with Crippen LogP contribution >= 0.6 is 0 Å². The van der Waals surface area contributed by atoms with Crippen LogP contribution in [0.25, 0.3) is 0 Å². The van der Waals surface area contributed by atoms with Crippen LogP contribution < -0.4 is 5.32 Å². The zero-order valence-electron chi connectivity index (χ0n) is 32.5. The standard InChI is InChI=1S/C41H83NO6S/c1-3-5-7-9-11-13-15-17-18-19-20-21-22-23-24-26-28-30-32-34-36-40(44)41(45)42-38(37-49(46,47)48)39(43)35-33-31-29-27-25-16-14-12-10-8-6-4-2/h38-40,43-44H,3-37H2,1-2H3,(H,42,45)(H,46,47,48). The van der Waals surface area contributed by atoms with Crippen molar-refractivity contribution in [1.29, 1.82) is 0 Å². The summed E-state index contributed by atoms with van der Waals surface area (Å²) in [6.45, 7) is 4.51. The van der Waals surface area contributed by atoms with E-state index in [0.717, 1.165) is 44.9 Å². The van der Waals surface area contributed by atoms with Crippen molar-refractivity contribution in [2.75, 3.05) is 5.75 Å². The molecule has 0 aromatic heterocycles. The van der Waals surface area contributed by atoms with Gasteiger partial charge in [0.15, 0.2) is 0 Å². The monoisotopic (exact) mass is 718 g/mol. The van der Waals surface area contributed by atoms with Gasteiger partial charge in [-0.3, -0.25) is 9.35 Å². The second kappa shape index (κ2) is 35.7. The highest BCUT2D eigenvalue weighted by atomic mass is 32.2. The third kappa shape index (κ3) is 35.5. The lowest BCUT2D eigenvalue weighted by Crippen LogP contribution is -2.50. The van der Waals surface area contributed by atoms with Crippen molar-refractivity contribution in [3.8, 4) is 0 Å². The zero-order valence-corrected chi connectivity index (χ0v) is 33.3. The average Bonchev–Trinajstić information content (AvgIpc) is 3.06. The Morgan fingerprint density at radius 1 is 0.469 bits per heavy atom. The summed E-state index contributed by atoms with van der Waals surface area (Å²) in [4.78, 5) is 12.6. The summed E-state index contributed by atoms with van der Waals surface area (Å²) < 4.78 is 32.5. The summed E-state index contributed by atoms with van der Waals surface area (Å²) in [5.41, 5.74) is 0. The fraction of sp³-hybridized carbons (Fsp3) is 0.976. The number of hydrogen-bond acceptors (Lipinski definition) is 5. The molecule has 3 atom stereocenters. The van der Waals surface area contributed by atoms with E-state index in [9.17, 15) is 28.0 Å². The molecule has 3 unspecified atom stereocenters. The first kappa shape index (κ1) is 48.3. The summed E-state index contributed by atoms with van der Waals surface area (Å²) >= 11 is 0. The molecule has 0 aromatic carbocycles. The van der Waals surface area contributed by atoms with Crippen molar-refractivity contribution in [2.24, 2.45) is 0 Å². The summed E-state index contributed by atoms with van der Waals surface area (Å²) in [7, 11) is -4.40. The Labute approximate surface area is 304 Å². The predicted octanol–water partition coefficient (Wildman–Crippen LogP) is 11.4. The van der Waals surface area contributed by atoms with Crippen LogP contribution in [0.1, 0.15) is 232 Å². The first-order valence-electron chi connectivity index (χ1n) is 21.3. The van der Waals surface area contributed by atoms with E-state index in [-0.39, 0.29) is 0 Å². The first-order chi connectivity index (χ1) is 23.7. The van der Waals surface area contributed by atoms with E-state index in [1.54, 1.807) is 0 Å². The molecule has 0 bridgehead atoms. The van der Waals surface area contributed by atoms with Crippen LogP contribution in [-0.4, -0.2) is 53.1 Å². The largest absolute Gasteiger partial charge is 0.391 e. The van der Waals surface area contributed by atoms with Gasteiger partial charge in [-0.05, 0) is 12.8 Å². The molecule has 49 heavy (non-hydrogen) atoms. The number of carbonyl (C=O) groups is 1. The molecular weight excluding hydrogens is 635 g/mol. The molecule has 7 nitrogen and oxygen atoms in total. The highest BCUT2D eigenvalue weighted by Gasteiger charge is 2.28. The lowest BCUT2D eigenvalue weighted by Gasteiger charge is -2.24. The third-order valence-corrected chi connectivity index (χ3v) is 10.9. The molecule has 1 amide bonds. The maximum atomic E-state index is 12.6. The molecule has 0 saturated heterocycles. The Hall–Kier alpha value is -0.700. The number of aliphatic hydroxyl groups is 2. The third-order valence-electron chi connectivity index (χ3n) is 10.2. The summed E-state index contributed by atoms with van der Waals surface area (Å²) in [6.07, 6.45) is 38.4. The Balaban J connectivity index is 3.87. The summed E-state index contributed by atoms with van der Waals surface area (Å²) in [6, 6.07) is -1.14. The van der Waals surface area contributed by atoms with E-state index in [1.165, 1.54) is 161 Å². The topological polar surface area (TPSA) is 124 Å². The van der Waals surface area contributed by atoms with Crippen LogP contribution in [0.4, 0.5) is 0 Å². The Morgan fingerprint density at radius 2 is 0.735 bits per heavy atom. The first-order valence-corrected chi connectivity index (χ1v) is 22.9. The van der Waals surface area contributed by atoms with Gasteiger partial charge in [0, 0.05) is 0 Å². The van der Waals surface area contributed by atoms with Gasteiger partial charge in [0.05, 0.1) is 17.9 Å². The predicted molar refractivity (Wildman–Crippen MR) is 209 cm³/mol. The van der Waals surface area contributed by atoms with Crippen molar-refractivity contribution in [3.05, 3.63) is 0 Å². The van der Waals surface area contributed by atoms with Gasteiger partial charge in [0.25, 0.3) is 10.1 Å². The van der Waals surface area contributed by atoms with Crippen molar-refractivity contribution >= 4 is 16.0 Å². The normalized spacial score (nSPS) is 13.8. The summed E-state index contributed by atoms with van der Waals surface area (Å²) in [5, 5.41) is 23.5. The second-order valence-corrected chi connectivity index (χ2v) is 16.6. The van der Waals surface area contributed by atoms with E-state index in [1.807, 2.05) is 0 Å². The molecule has 0 aliphatic carbocycles. The smallest absolute Gasteiger partial charge is 0.266 e. The SMILES string of the molecule is CCCCCCCCCCCCCCCCCCCCCCC(O)C(=O)NC(CS(=O)(=O)O)C(O)CCCCCCCCCCCCCC. The van der Waals surface area contributed by atoms with E-state index in [2.05, 4.69) is 19.2 Å². The van der Waals surface area contributed by atoms with Crippen LogP contribution in [0.15, 0.2) is 0 Å². The van der Waals surface area contributed by atoms with Gasteiger partial charge in [-0.1, -0.05) is 219 Å². The molecule has 0 aromatic rings. The maximum absolute atomic E-state index is 12.6. The Kier molecular flexibility index (Phi) is 35.2. The summed E-state index contributed by atoms with van der Waals surface area (Å²) in [5.74, 6) is -1.44. The molecule has 4 N–H and O–H groups in total. The van der Waals surface area contributed by atoms with Crippen LogP contribution in [-0.2, 0) is 14.9 Å². The van der Waals surface area contributed by atoms with Crippen molar-refractivity contribution in [1.82, 2.24) is 5.32 Å². The minimum atomic E-state index is -4.40. The maximum Gasteiger partial charge on any atom is 0.266 e. The average molecular weight is 718 g/mol. The van der Waals surface area contributed by atoms with Crippen molar-refractivity contribution < 1.29 is 28.0 Å². The van der Waals surface area contributed by atoms with Crippen LogP contribution in [0.5, 0.6) is 0 Å². The van der Waals surface area contributed by atoms with E-state index in [0.29, 0.717) is 12.8 Å². The molecule has 0 fully saturated rings. The highest BCUT2D eigenvalue weighted by molar-refractivity contribution is 7.85. The molecule has 0 radical (unpaired) electrons. The quantitative estimate of drug-likeness (QED) is 0.0371. The van der Waals surface area contributed by atoms with Crippen LogP contribution in [0.3, 0.4) is 0 Å².